The number of hydrogen-bond acceptors (Lipinski definition) is 6. The molecule has 0 saturated carbocycles. The van der Waals surface area contributed by atoms with Gasteiger partial charge in [-0.25, -0.2) is 4.79 Å². The van der Waals surface area contributed by atoms with E-state index >= 15 is 0 Å². The fraction of sp³-hybridized carbons (Fsp3) is 0.292. The zero-order chi connectivity index (χ0) is 25.4. The van der Waals surface area contributed by atoms with Crippen LogP contribution >= 0.6 is 11.6 Å². The molecule has 184 valence electrons. The van der Waals surface area contributed by atoms with Crippen LogP contribution in [0.2, 0.25) is 5.02 Å². The first-order valence-electron chi connectivity index (χ1n) is 10.9. The standard InChI is InChI=1S/C24H25ClN4O6/c1-26-23(33)20(30)19(11-15-9-10-27-21(15)31)28-22(32)17-12-16(25)7-8-18(17)29-24(34)35-13-14-5-3-2-4-6-14/h2-8,12,15,19H,9-11,13H2,1H3,(H,26,33)(H,27,31)(H,28,32)(H,29,34)/t15-,19-/m0/s1. The summed E-state index contributed by atoms with van der Waals surface area (Å²) >= 11 is 6.06. The van der Waals surface area contributed by atoms with Crippen LogP contribution in [-0.4, -0.2) is 49.2 Å². The third-order valence-electron chi connectivity index (χ3n) is 5.43. The minimum Gasteiger partial charge on any atom is -0.444 e. The van der Waals surface area contributed by atoms with E-state index in [1.54, 1.807) is 12.1 Å². The lowest BCUT2D eigenvalue weighted by Gasteiger charge is -2.20. The van der Waals surface area contributed by atoms with Gasteiger partial charge in [0.15, 0.2) is 0 Å². The first-order chi connectivity index (χ1) is 16.8. The van der Waals surface area contributed by atoms with Crippen molar-refractivity contribution >= 4 is 46.9 Å². The van der Waals surface area contributed by atoms with Crippen molar-refractivity contribution in [2.75, 3.05) is 18.9 Å². The molecule has 4 amide bonds. The van der Waals surface area contributed by atoms with Crippen molar-refractivity contribution in [3.05, 3.63) is 64.7 Å². The second kappa shape index (κ2) is 12.0. The van der Waals surface area contributed by atoms with Gasteiger partial charge in [0.1, 0.15) is 6.61 Å². The number of halogens is 1. The van der Waals surface area contributed by atoms with Gasteiger partial charge in [-0.1, -0.05) is 41.9 Å². The van der Waals surface area contributed by atoms with Crippen molar-refractivity contribution in [3.8, 4) is 0 Å². The predicted octanol–water partition coefficient (Wildman–Crippen LogP) is 2.03. The number of ketones is 1. The fourth-order valence-corrected chi connectivity index (χ4v) is 3.76. The van der Waals surface area contributed by atoms with Crippen molar-refractivity contribution in [1.82, 2.24) is 16.0 Å². The Balaban J connectivity index is 1.75. The normalized spacial score (nSPS) is 15.5. The van der Waals surface area contributed by atoms with E-state index in [4.69, 9.17) is 16.3 Å². The Morgan fingerprint density at radius 3 is 2.54 bits per heavy atom. The first kappa shape index (κ1) is 25.7. The molecule has 0 bridgehead atoms. The summed E-state index contributed by atoms with van der Waals surface area (Å²) in [6, 6.07) is 12.0. The van der Waals surface area contributed by atoms with Crippen molar-refractivity contribution in [3.63, 3.8) is 0 Å². The molecule has 1 aliphatic rings. The largest absolute Gasteiger partial charge is 0.444 e. The zero-order valence-electron chi connectivity index (χ0n) is 18.9. The summed E-state index contributed by atoms with van der Waals surface area (Å²) < 4.78 is 5.20. The van der Waals surface area contributed by atoms with Crippen molar-refractivity contribution in [2.24, 2.45) is 5.92 Å². The summed E-state index contributed by atoms with van der Waals surface area (Å²) in [5, 5.41) is 10.1. The van der Waals surface area contributed by atoms with Gasteiger partial charge in [-0.15, -0.1) is 0 Å². The Kier molecular flexibility index (Phi) is 8.80. The molecule has 1 aliphatic heterocycles. The van der Waals surface area contributed by atoms with Gasteiger partial charge in [-0.05, 0) is 36.6 Å². The summed E-state index contributed by atoms with van der Waals surface area (Å²) in [6.45, 7) is 0.472. The quantitative estimate of drug-likeness (QED) is 0.388. The van der Waals surface area contributed by atoms with E-state index in [0.29, 0.717) is 13.0 Å². The molecular formula is C24H25ClN4O6. The maximum absolute atomic E-state index is 13.1. The van der Waals surface area contributed by atoms with Crippen molar-refractivity contribution in [1.29, 1.82) is 0 Å². The number of likely N-dealkylation sites (N-methyl/N-ethyl adjacent to an activating group) is 1. The molecule has 11 heteroatoms. The number of hydrogen-bond donors (Lipinski definition) is 4. The highest BCUT2D eigenvalue weighted by molar-refractivity contribution is 6.38. The van der Waals surface area contributed by atoms with E-state index in [-0.39, 0.29) is 35.2 Å². The van der Waals surface area contributed by atoms with Gasteiger partial charge in [-0.2, -0.15) is 0 Å². The molecule has 0 spiro atoms. The molecule has 0 aliphatic carbocycles. The van der Waals surface area contributed by atoms with E-state index in [1.165, 1.54) is 25.2 Å². The Labute approximate surface area is 206 Å². The van der Waals surface area contributed by atoms with Gasteiger partial charge >= 0.3 is 6.09 Å². The van der Waals surface area contributed by atoms with Gasteiger partial charge in [0.2, 0.25) is 11.7 Å². The Bertz CT molecular complexity index is 1120. The number of amides is 4. The van der Waals surface area contributed by atoms with E-state index in [0.717, 1.165) is 5.56 Å². The van der Waals surface area contributed by atoms with Crippen molar-refractivity contribution in [2.45, 2.75) is 25.5 Å². The average Bonchev–Trinajstić information content (AvgIpc) is 3.27. The predicted molar refractivity (Wildman–Crippen MR) is 128 cm³/mol. The van der Waals surface area contributed by atoms with E-state index in [1.807, 2.05) is 18.2 Å². The highest BCUT2D eigenvalue weighted by Gasteiger charge is 2.34. The summed E-state index contributed by atoms with van der Waals surface area (Å²) in [4.78, 5) is 62.0. The third kappa shape index (κ3) is 7.03. The zero-order valence-corrected chi connectivity index (χ0v) is 19.7. The molecule has 35 heavy (non-hydrogen) atoms. The smallest absolute Gasteiger partial charge is 0.411 e. The van der Waals surface area contributed by atoms with Crippen LogP contribution in [0.5, 0.6) is 0 Å². The van der Waals surface area contributed by atoms with Crippen molar-refractivity contribution < 1.29 is 28.7 Å². The summed E-state index contributed by atoms with van der Waals surface area (Å²) in [6.07, 6.45) is -0.374. The average molecular weight is 501 g/mol. The van der Waals surface area contributed by atoms with Crippen LogP contribution in [-0.2, 0) is 25.7 Å². The Morgan fingerprint density at radius 2 is 1.89 bits per heavy atom. The lowest BCUT2D eigenvalue weighted by atomic mass is 9.95. The fourth-order valence-electron chi connectivity index (χ4n) is 3.59. The molecule has 2 aromatic carbocycles. The molecule has 4 N–H and O–H groups in total. The maximum Gasteiger partial charge on any atom is 0.411 e. The number of carbonyl (C=O) groups excluding carboxylic acids is 5. The number of benzene rings is 2. The number of rotatable bonds is 9. The Hall–Kier alpha value is -3.92. The van der Waals surface area contributed by atoms with Gasteiger partial charge in [0.25, 0.3) is 11.8 Å². The summed E-state index contributed by atoms with van der Waals surface area (Å²) in [5.41, 5.74) is 0.831. The number of Topliss-reactive ketones (excluding diaryl/α,β-unsaturated/α-hetero) is 1. The SMILES string of the molecule is CNC(=O)C(=O)[C@H](C[C@@H]1CCNC1=O)NC(=O)c1cc(Cl)ccc1NC(=O)OCc1ccccc1. The second-order valence-electron chi connectivity index (χ2n) is 7.86. The molecule has 0 aromatic heterocycles. The highest BCUT2D eigenvalue weighted by Crippen LogP contribution is 2.23. The van der Waals surface area contributed by atoms with Crippen LogP contribution in [0.4, 0.5) is 10.5 Å². The lowest BCUT2D eigenvalue weighted by Crippen LogP contribution is -2.48. The number of carbonyl (C=O) groups is 5. The van der Waals surface area contributed by atoms with Gasteiger partial charge in [-0.3, -0.25) is 24.5 Å². The number of anilines is 1. The van der Waals surface area contributed by atoms with Gasteiger partial charge in [0.05, 0.1) is 17.3 Å². The minimum absolute atomic E-state index is 0.0218. The molecule has 1 fully saturated rings. The number of nitrogens with one attached hydrogen (secondary N) is 4. The molecular weight excluding hydrogens is 476 g/mol. The lowest BCUT2D eigenvalue weighted by molar-refractivity contribution is -0.139. The number of ether oxygens (including phenoxy) is 1. The Morgan fingerprint density at radius 1 is 1.14 bits per heavy atom. The van der Waals surface area contributed by atoms with E-state index in [9.17, 15) is 24.0 Å². The topological polar surface area (TPSA) is 143 Å². The van der Waals surface area contributed by atoms with Crippen LogP contribution in [0.1, 0.15) is 28.8 Å². The maximum atomic E-state index is 13.1. The van der Waals surface area contributed by atoms with E-state index < -0.39 is 35.7 Å². The van der Waals surface area contributed by atoms with Gasteiger partial charge in [0, 0.05) is 24.5 Å². The monoisotopic (exact) mass is 500 g/mol. The first-order valence-corrected chi connectivity index (χ1v) is 11.3. The summed E-state index contributed by atoms with van der Waals surface area (Å²) in [7, 11) is 1.29. The van der Waals surface area contributed by atoms with Crippen LogP contribution in [0.25, 0.3) is 0 Å². The summed E-state index contributed by atoms with van der Waals surface area (Å²) in [5.74, 6) is -3.33. The van der Waals surface area contributed by atoms with Crippen LogP contribution < -0.4 is 21.3 Å². The molecule has 0 unspecified atom stereocenters. The molecule has 2 aromatic rings. The minimum atomic E-state index is -1.26. The molecule has 0 radical (unpaired) electrons. The molecule has 10 nitrogen and oxygen atoms in total. The third-order valence-corrected chi connectivity index (χ3v) is 5.67. The van der Waals surface area contributed by atoms with Crippen LogP contribution in [0, 0.1) is 5.92 Å². The van der Waals surface area contributed by atoms with E-state index in [2.05, 4.69) is 21.3 Å². The van der Waals surface area contributed by atoms with Crippen LogP contribution in [0.3, 0.4) is 0 Å². The molecule has 2 atom stereocenters. The molecule has 3 rings (SSSR count). The van der Waals surface area contributed by atoms with Gasteiger partial charge < -0.3 is 20.7 Å². The molecule has 1 saturated heterocycles. The highest BCUT2D eigenvalue weighted by atomic mass is 35.5. The van der Waals surface area contributed by atoms with Crippen LogP contribution in [0.15, 0.2) is 48.5 Å². The second-order valence-corrected chi connectivity index (χ2v) is 8.29. The molecule has 1 heterocycles.